The molecule has 1 aromatic heterocycles. The van der Waals surface area contributed by atoms with Gasteiger partial charge in [-0.15, -0.1) is 0 Å². The summed E-state index contributed by atoms with van der Waals surface area (Å²) in [4.78, 5) is 30.4. The Bertz CT molecular complexity index is 1140. The molecule has 3 aromatic rings. The molecule has 0 bridgehead atoms. The number of likely N-dealkylation sites (tertiary alicyclic amines) is 1. The summed E-state index contributed by atoms with van der Waals surface area (Å²) in [5.41, 5.74) is 1.22. The average molecular weight is 376 g/mol. The van der Waals surface area contributed by atoms with Crippen LogP contribution in [0.3, 0.4) is 0 Å². The number of aromatic nitrogens is 1. The Morgan fingerprint density at radius 3 is 2.86 bits per heavy atom. The number of aromatic amines is 1. The van der Waals surface area contributed by atoms with Crippen molar-refractivity contribution in [2.45, 2.75) is 5.92 Å². The maximum atomic E-state index is 13.2. The predicted octanol–water partition coefficient (Wildman–Crippen LogP) is 2.14. The second kappa shape index (κ2) is 6.21. The van der Waals surface area contributed by atoms with Crippen molar-refractivity contribution in [1.82, 2.24) is 9.88 Å². The van der Waals surface area contributed by atoms with Crippen LogP contribution in [0.1, 0.15) is 22.0 Å². The molecule has 0 spiro atoms. The molecule has 0 saturated carbocycles. The number of pyridine rings is 1. The van der Waals surface area contributed by atoms with Crippen LogP contribution in [0, 0.1) is 5.41 Å². The van der Waals surface area contributed by atoms with Crippen molar-refractivity contribution in [3.63, 3.8) is 0 Å². The van der Waals surface area contributed by atoms with E-state index in [0.29, 0.717) is 30.6 Å². The molecule has 0 aliphatic carbocycles. The number of nitrogens with one attached hydrogen (secondary N) is 1. The second-order valence-corrected chi connectivity index (χ2v) is 7.68. The number of aliphatic hydroxyl groups excluding tert-OH is 1. The molecule has 2 aliphatic rings. The van der Waals surface area contributed by atoms with Gasteiger partial charge in [0, 0.05) is 36.0 Å². The monoisotopic (exact) mass is 376 g/mol. The largest absolute Gasteiger partial charge is 0.493 e. The fourth-order valence-electron chi connectivity index (χ4n) is 4.51. The highest BCUT2D eigenvalue weighted by molar-refractivity contribution is 5.95. The van der Waals surface area contributed by atoms with E-state index in [-0.39, 0.29) is 29.6 Å². The fourth-order valence-corrected chi connectivity index (χ4v) is 4.51. The summed E-state index contributed by atoms with van der Waals surface area (Å²) < 4.78 is 5.89. The van der Waals surface area contributed by atoms with Gasteiger partial charge in [-0.25, -0.2) is 0 Å². The molecule has 28 heavy (non-hydrogen) atoms. The van der Waals surface area contributed by atoms with Gasteiger partial charge in [-0.3, -0.25) is 9.59 Å². The van der Waals surface area contributed by atoms with Gasteiger partial charge in [0.05, 0.1) is 18.6 Å². The molecule has 2 aliphatic heterocycles. The van der Waals surface area contributed by atoms with Crippen molar-refractivity contribution < 1.29 is 14.6 Å². The Labute approximate surface area is 161 Å². The number of hydrogen-bond acceptors (Lipinski definition) is 4. The highest BCUT2D eigenvalue weighted by Gasteiger charge is 2.52. The van der Waals surface area contributed by atoms with Crippen LogP contribution in [0.15, 0.2) is 59.4 Å². The lowest BCUT2D eigenvalue weighted by atomic mass is 9.74. The minimum atomic E-state index is -0.527. The maximum absolute atomic E-state index is 13.2. The number of carbonyl (C=O) groups is 1. The number of nitrogens with zero attached hydrogens (tertiary/aromatic N) is 1. The van der Waals surface area contributed by atoms with Crippen molar-refractivity contribution in [3.8, 4) is 5.75 Å². The number of ether oxygens (including phenoxy) is 1. The zero-order valence-corrected chi connectivity index (χ0v) is 15.2. The molecule has 1 fully saturated rings. The first kappa shape index (κ1) is 17.0. The van der Waals surface area contributed by atoms with Gasteiger partial charge in [0.25, 0.3) is 5.91 Å². The minimum Gasteiger partial charge on any atom is -0.493 e. The third-order valence-corrected chi connectivity index (χ3v) is 6.03. The maximum Gasteiger partial charge on any atom is 0.270 e. The van der Waals surface area contributed by atoms with Crippen molar-refractivity contribution >= 4 is 16.8 Å². The van der Waals surface area contributed by atoms with E-state index in [1.165, 1.54) is 6.07 Å². The van der Waals surface area contributed by atoms with Crippen LogP contribution in [-0.2, 0) is 0 Å². The third kappa shape index (κ3) is 2.45. The molecular weight excluding hydrogens is 356 g/mol. The first-order valence-electron chi connectivity index (χ1n) is 9.35. The number of rotatable bonds is 2. The Morgan fingerprint density at radius 2 is 2.00 bits per heavy atom. The molecule has 2 atom stereocenters. The van der Waals surface area contributed by atoms with Gasteiger partial charge in [0.1, 0.15) is 11.4 Å². The molecular formula is C22H20N2O4. The van der Waals surface area contributed by atoms with Crippen molar-refractivity contribution in [2.24, 2.45) is 5.41 Å². The molecule has 2 aromatic carbocycles. The van der Waals surface area contributed by atoms with Gasteiger partial charge in [-0.1, -0.05) is 30.3 Å². The van der Waals surface area contributed by atoms with Crippen molar-refractivity contribution in [3.05, 3.63) is 76.1 Å². The van der Waals surface area contributed by atoms with Crippen LogP contribution in [0.4, 0.5) is 0 Å². The van der Waals surface area contributed by atoms with Crippen molar-refractivity contribution in [1.29, 1.82) is 0 Å². The van der Waals surface area contributed by atoms with E-state index in [9.17, 15) is 14.7 Å². The first-order valence-corrected chi connectivity index (χ1v) is 9.35. The fraction of sp³-hybridized carbons (Fsp3) is 0.273. The van der Waals surface area contributed by atoms with E-state index in [1.807, 2.05) is 30.3 Å². The molecule has 0 unspecified atom stereocenters. The Morgan fingerprint density at radius 1 is 1.21 bits per heavy atom. The molecule has 3 heterocycles. The number of carbonyl (C=O) groups excluding carboxylic acids is 1. The number of fused-ring (bicyclic) bond motifs is 4. The highest BCUT2D eigenvalue weighted by atomic mass is 16.5. The van der Waals surface area contributed by atoms with Gasteiger partial charge in [0.2, 0.25) is 0 Å². The summed E-state index contributed by atoms with van der Waals surface area (Å²) in [6, 6.07) is 16.3. The van der Waals surface area contributed by atoms with Gasteiger partial charge < -0.3 is 19.7 Å². The quantitative estimate of drug-likeness (QED) is 0.718. The Hall–Kier alpha value is -3.12. The number of hydrogen-bond donors (Lipinski definition) is 2. The van der Waals surface area contributed by atoms with Gasteiger partial charge in [0.15, 0.2) is 5.43 Å². The molecule has 142 valence electrons. The van der Waals surface area contributed by atoms with Crippen LogP contribution < -0.4 is 10.2 Å². The normalized spacial score (nSPS) is 23.2. The van der Waals surface area contributed by atoms with Crippen LogP contribution >= 0.6 is 0 Å². The van der Waals surface area contributed by atoms with Crippen LogP contribution in [0.25, 0.3) is 10.9 Å². The number of aliphatic hydroxyl groups is 1. The predicted molar refractivity (Wildman–Crippen MR) is 105 cm³/mol. The van der Waals surface area contributed by atoms with E-state index in [4.69, 9.17) is 4.74 Å². The summed E-state index contributed by atoms with van der Waals surface area (Å²) >= 11 is 0. The smallest absolute Gasteiger partial charge is 0.270 e. The zero-order chi connectivity index (χ0) is 19.3. The van der Waals surface area contributed by atoms with E-state index in [2.05, 4.69) is 4.98 Å². The summed E-state index contributed by atoms with van der Waals surface area (Å²) in [5.74, 6) is 0.575. The Kier molecular flexibility index (Phi) is 3.77. The highest BCUT2D eigenvalue weighted by Crippen LogP contribution is 2.49. The number of amides is 1. The average Bonchev–Trinajstić information content (AvgIpc) is 3.14. The van der Waals surface area contributed by atoms with Gasteiger partial charge in [-0.05, 0) is 23.8 Å². The first-order chi connectivity index (χ1) is 13.6. The molecule has 0 radical (unpaired) electrons. The zero-order valence-electron chi connectivity index (χ0n) is 15.2. The van der Waals surface area contributed by atoms with E-state index in [1.54, 1.807) is 23.1 Å². The van der Waals surface area contributed by atoms with Gasteiger partial charge >= 0.3 is 0 Å². The van der Waals surface area contributed by atoms with Crippen LogP contribution in [-0.4, -0.2) is 47.2 Å². The number of benzene rings is 2. The SMILES string of the molecule is O=C(c1cc(=O)c2ccccc2[nH]1)N1C[C@@H]2c3ccccc3OC[C@]2(CO)C1. The molecule has 1 saturated heterocycles. The third-order valence-electron chi connectivity index (χ3n) is 6.03. The Balaban J connectivity index is 1.52. The summed E-state index contributed by atoms with van der Waals surface area (Å²) in [7, 11) is 0. The van der Waals surface area contributed by atoms with E-state index >= 15 is 0 Å². The summed E-state index contributed by atoms with van der Waals surface area (Å²) in [5, 5.41) is 10.7. The van der Waals surface area contributed by atoms with E-state index < -0.39 is 5.41 Å². The molecule has 5 rings (SSSR count). The summed E-state index contributed by atoms with van der Waals surface area (Å²) in [6.45, 7) is 1.16. The van der Waals surface area contributed by atoms with Crippen LogP contribution in [0.5, 0.6) is 5.75 Å². The minimum absolute atomic E-state index is 0.00132. The number of para-hydroxylation sites is 2. The lowest BCUT2D eigenvalue weighted by molar-refractivity contribution is 0.0439. The standard InChI is InChI=1S/C22H20N2O4/c25-12-22-11-24(10-16(22)14-5-2-4-8-20(14)28-13-22)21(27)18-9-19(26)15-6-1-3-7-17(15)23-18/h1-9,16,25H,10-13H2,(H,23,26)/t16-,22-/m1/s1. The van der Waals surface area contributed by atoms with Crippen molar-refractivity contribution in [2.75, 3.05) is 26.3 Å². The van der Waals surface area contributed by atoms with E-state index in [0.717, 1.165) is 11.3 Å². The molecule has 2 N–H and O–H groups in total. The van der Waals surface area contributed by atoms with Gasteiger partial charge in [-0.2, -0.15) is 0 Å². The lowest BCUT2D eigenvalue weighted by Crippen LogP contribution is -2.42. The number of H-pyrrole nitrogens is 1. The topological polar surface area (TPSA) is 82.6 Å². The molecule has 1 amide bonds. The lowest BCUT2D eigenvalue weighted by Gasteiger charge is -2.37. The van der Waals surface area contributed by atoms with Crippen LogP contribution in [0.2, 0.25) is 0 Å². The molecule has 6 heteroatoms. The molecule has 6 nitrogen and oxygen atoms in total. The second-order valence-electron chi connectivity index (χ2n) is 7.68. The summed E-state index contributed by atoms with van der Waals surface area (Å²) in [6.07, 6.45) is 0.